The average Bonchev–Trinajstić information content (AvgIpc) is 2.84. The predicted molar refractivity (Wildman–Crippen MR) is 64.6 cm³/mol. The molecule has 1 unspecified atom stereocenters. The van der Waals surface area contributed by atoms with Gasteiger partial charge in [0.05, 0.1) is 18.6 Å². The second-order valence-corrected chi connectivity index (χ2v) is 5.43. The van der Waals surface area contributed by atoms with Crippen LogP contribution in [0.15, 0.2) is 30.3 Å². The first-order valence-corrected chi connectivity index (χ1v) is 5.83. The molecule has 0 bridgehead atoms. The Morgan fingerprint density at radius 3 is 2.41 bits per heavy atom. The molecule has 1 aliphatic carbocycles. The molecule has 0 aliphatic heterocycles. The van der Waals surface area contributed by atoms with Gasteiger partial charge in [0, 0.05) is 0 Å². The van der Waals surface area contributed by atoms with E-state index >= 15 is 0 Å². The Morgan fingerprint density at radius 1 is 1.35 bits per heavy atom. The molecule has 1 atom stereocenters. The Bertz CT molecular complexity index is 411. The molecule has 17 heavy (non-hydrogen) atoms. The van der Waals surface area contributed by atoms with E-state index in [4.69, 9.17) is 4.74 Å². The van der Waals surface area contributed by atoms with E-state index in [1.807, 2.05) is 44.2 Å². The van der Waals surface area contributed by atoms with Gasteiger partial charge in [-0.25, -0.2) is 0 Å². The molecule has 1 aromatic carbocycles. The van der Waals surface area contributed by atoms with E-state index in [-0.39, 0.29) is 5.41 Å². The molecule has 2 rings (SSSR count). The van der Waals surface area contributed by atoms with Gasteiger partial charge in [-0.15, -0.1) is 0 Å². The minimum absolute atomic E-state index is 0.143. The van der Waals surface area contributed by atoms with E-state index < -0.39 is 11.4 Å². The minimum Gasteiger partial charge on any atom is -0.481 e. The molecule has 3 nitrogen and oxygen atoms in total. The Balaban J connectivity index is 1.89. The third-order valence-electron chi connectivity index (χ3n) is 3.78. The zero-order valence-corrected chi connectivity index (χ0v) is 10.3. The lowest BCUT2D eigenvalue weighted by Crippen LogP contribution is -2.26. The Hall–Kier alpha value is -1.35. The zero-order valence-electron chi connectivity index (χ0n) is 10.3. The first kappa shape index (κ1) is 12.1. The lowest BCUT2D eigenvalue weighted by molar-refractivity contribution is -0.147. The molecule has 1 N–H and O–H groups in total. The standard InChI is InChI=1S/C14H18O3/c1-13(2)9-14(13,12(15)16)10-17-8-11-6-4-3-5-7-11/h3-7H,8-10H2,1-2H3,(H,15,16). The minimum atomic E-state index is -0.740. The molecular formula is C14H18O3. The Morgan fingerprint density at radius 2 is 1.94 bits per heavy atom. The quantitative estimate of drug-likeness (QED) is 0.852. The molecule has 1 fully saturated rings. The summed E-state index contributed by atoms with van der Waals surface area (Å²) in [6.07, 6.45) is 0.699. The Labute approximate surface area is 101 Å². The van der Waals surface area contributed by atoms with Gasteiger partial charge in [0.2, 0.25) is 0 Å². The van der Waals surface area contributed by atoms with Crippen molar-refractivity contribution in [3.63, 3.8) is 0 Å². The number of aliphatic carboxylic acids is 1. The summed E-state index contributed by atoms with van der Waals surface area (Å²) in [7, 11) is 0. The van der Waals surface area contributed by atoms with Crippen LogP contribution >= 0.6 is 0 Å². The van der Waals surface area contributed by atoms with Crippen LogP contribution in [-0.2, 0) is 16.1 Å². The highest BCUT2D eigenvalue weighted by Crippen LogP contribution is 2.63. The normalized spacial score (nSPS) is 25.5. The van der Waals surface area contributed by atoms with Crippen LogP contribution in [0.3, 0.4) is 0 Å². The fourth-order valence-corrected chi connectivity index (χ4v) is 2.30. The van der Waals surface area contributed by atoms with Crippen molar-refractivity contribution in [2.45, 2.75) is 26.9 Å². The first-order valence-electron chi connectivity index (χ1n) is 5.83. The van der Waals surface area contributed by atoms with Crippen LogP contribution in [0.4, 0.5) is 0 Å². The molecular weight excluding hydrogens is 216 g/mol. The highest BCUT2D eigenvalue weighted by atomic mass is 16.5. The number of carboxylic acid groups (broad SMARTS) is 1. The monoisotopic (exact) mass is 234 g/mol. The first-order chi connectivity index (χ1) is 7.98. The van der Waals surface area contributed by atoms with E-state index in [1.54, 1.807) is 0 Å². The summed E-state index contributed by atoms with van der Waals surface area (Å²) in [6, 6.07) is 9.81. The van der Waals surface area contributed by atoms with Gasteiger partial charge in [-0.2, -0.15) is 0 Å². The van der Waals surface area contributed by atoms with Crippen LogP contribution in [0, 0.1) is 10.8 Å². The molecule has 3 heteroatoms. The topological polar surface area (TPSA) is 46.5 Å². The third-order valence-corrected chi connectivity index (χ3v) is 3.78. The second-order valence-electron chi connectivity index (χ2n) is 5.43. The lowest BCUT2D eigenvalue weighted by atomic mass is 9.97. The van der Waals surface area contributed by atoms with Gasteiger partial charge in [0.15, 0.2) is 0 Å². The van der Waals surface area contributed by atoms with Gasteiger partial charge in [-0.1, -0.05) is 44.2 Å². The largest absolute Gasteiger partial charge is 0.481 e. The van der Waals surface area contributed by atoms with E-state index in [0.29, 0.717) is 19.6 Å². The third kappa shape index (κ3) is 2.20. The smallest absolute Gasteiger partial charge is 0.312 e. The molecule has 0 radical (unpaired) electrons. The van der Waals surface area contributed by atoms with Crippen molar-refractivity contribution in [2.75, 3.05) is 6.61 Å². The van der Waals surface area contributed by atoms with Gasteiger partial charge in [-0.05, 0) is 17.4 Å². The van der Waals surface area contributed by atoms with Gasteiger partial charge in [0.1, 0.15) is 0 Å². The summed E-state index contributed by atoms with van der Waals surface area (Å²) >= 11 is 0. The maximum atomic E-state index is 11.3. The van der Waals surface area contributed by atoms with Gasteiger partial charge in [-0.3, -0.25) is 4.79 Å². The van der Waals surface area contributed by atoms with Gasteiger partial charge in [0.25, 0.3) is 0 Å². The highest BCUT2D eigenvalue weighted by Gasteiger charge is 2.66. The summed E-state index contributed by atoms with van der Waals surface area (Å²) in [6.45, 7) is 4.73. The molecule has 1 saturated carbocycles. The van der Waals surface area contributed by atoms with Crippen molar-refractivity contribution in [3.05, 3.63) is 35.9 Å². The number of carboxylic acids is 1. The van der Waals surface area contributed by atoms with Crippen molar-refractivity contribution < 1.29 is 14.6 Å². The van der Waals surface area contributed by atoms with E-state index in [0.717, 1.165) is 5.56 Å². The molecule has 0 amide bonds. The van der Waals surface area contributed by atoms with Gasteiger partial charge >= 0.3 is 5.97 Å². The van der Waals surface area contributed by atoms with Crippen molar-refractivity contribution >= 4 is 5.97 Å². The molecule has 1 aliphatic rings. The number of carbonyl (C=O) groups is 1. The summed E-state index contributed by atoms with van der Waals surface area (Å²) in [5.74, 6) is -0.740. The average molecular weight is 234 g/mol. The number of ether oxygens (including phenoxy) is 1. The summed E-state index contributed by atoms with van der Waals surface area (Å²) in [5, 5.41) is 9.26. The number of hydrogen-bond acceptors (Lipinski definition) is 2. The van der Waals surface area contributed by atoms with E-state index in [2.05, 4.69) is 0 Å². The second kappa shape index (κ2) is 4.15. The summed E-state index contributed by atoms with van der Waals surface area (Å²) < 4.78 is 5.56. The van der Waals surface area contributed by atoms with Crippen molar-refractivity contribution in [1.29, 1.82) is 0 Å². The highest BCUT2D eigenvalue weighted by molar-refractivity contribution is 5.80. The maximum Gasteiger partial charge on any atom is 0.312 e. The van der Waals surface area contributed by atoms with Crippen LogP contribution in [-0.4, -0.2) is 17.7 Å². The SMILES string of the molecule is CC1(C)CC1(COCc1ccccc1)C(=O)O. The van der Waals surface area contributed by atoms with Crippen molar-refractivity contribution in [1.82, 2.24) is 0 Å². The Kier molecular flexibility index (Phi) is 2.96. The molecule has 92 valence electrons. The van der Waals surface area contributed by atoms with Crippen LogP contribution < -0.4 is 0 Å². The molecule has 0 spiro atoms. The number of hydrogen-bond donors (Lipinski definition) is 1. The van der Waals surface area contributed by atoms with Crippen molar-refractivity contribution in [3.8, 4) is 0 Å². The molecule has 0 aromatic heterocycles. The molecule has 1 aromatic rings. The van der Waals surface area contributed by atoms with Crippen LogP contribution in [0.1, 0.15) is 25.8 Å². The zero-order chi connectivity index (χ0) is 12.5. The van der Waals surface area contributed by atoms with Crippen LogP contribution in [0.5, 0.6) is 0 Å². The van der Waals surface area contributed by atoms with Gasteiger partial charge < -0.3 is 9.84 Å². The number of rotatable bonds is 5. The molecule has 0 saturated heterocycles. The molecule has 0 heterocycles. The number of benzene rings is 1. The fourth-order valence-electron chi connectivity index (χ4n) is 2.30. The van der Waals surface area contributed by atoms with E-state index in [1.165, 1.54) is 0 Å². The summed E-state index contributed by atoms with van der Waals surface area (Å²) in [5.41, 5.74) is 0.253. The predicted octanol–water partition coefficient (Wildman–Crippen LogP) is 2.70. The van der Waals surface area contributed by atoms with E-state index in [9.17, 15) is 9.90 Å². The van der Waals surface area contributed by atoms with Crippen LogP contribution in [0.2, 0.25) is 0 Å². The van der Waals surface area contributed by atoms with Crippen LogP contribution in [0.25, 0.3) is 0 Å². The maximum absolute atomic E-state index is 11.3. The lowest BCUT2D eigenvalue weighted by Gasteiger charge is -2.15. The fraction of sp³-hybridized carbons (Fsp3) is 0.500. The summed E-state index contributed by atoms with van der Waals surface area (Å²) in [4.78, 5) is 11.3. The van der Waals surface area contributed by atoms with Crippen molar-refractivity contribution in [2.24, 2.45) is 10.8 Å².